The van der Waals surface area contributed by atoms with Crippen LogP contribution in [0.4, 0.5) is 0 Å². The number of aldehydes is 1. The topological polar surface area (TPSA) is 26.3 Å². The minimum Gasteiger partial charge on any atom is -0.413 e. The second kappa shape index (κ2) is 4.89. The van der Waals surface area contributed by atoms with Crippen LogP contribution in [-0.2, 0) is 9.22 Å². The van der Waals surface area contributed by atoms with Gasteiger partial charge in [-0.15, -0.1) is 0 Å². The summed E-state index contributed by atoms with van der Waals surface area (Å²) in [7, 11) is -1.65. The molecular formula is C11H22O2Si. The average Bonchev–Trinajstić information content (AvgIpc) is 1.99. The first kappa shape index (κ1) is 13.6. The normalized spacial score (nSPS) is 14.3. The number of carbonyl (C=O) groups excluding carboxylic acids is 1. The van der Waals surface area contributed by atoms with Crippen LogP contribution >= 0.6 is 0 Å². The Morgan fingerprint density at radius 3 is 2.21 bits per heavy atom. The minimum absolute atomic E-state index is 0.231. The van der Waals surface area contributed by atoms with Crippen molar-refractivity contribution < 1.29 is 9.22 Å². The molecule has 3 heteroatoms. The van der Waals surface area contributed by atoms with Crippen LogP contribution in [0.2, 0.25) is 18.1 Å². The summed E-state index contributed by atoms with van der Waals surface area (Å²) in [6.07, 6.45) is 2.37. The van der Waals surface area contributed by atoms with Crippen molar-refractivity contribution in [2.24, 2.45) is 0 Å². The highest BCUT2D eigenvalue weighted by Gasteiger charge is 2.36. The third-order valence-electron chi connectivity index (χ3n) is 2.82. The Hall–Kier alpha value is -0.413. The van der Waals surface area contributed by atoms with Gasteiger partial charge in [0.25, 0.3) is 0 Å². The molecule has 0 N–H and O–H groups in total. The van der Waals surface area contributed by atoms with Gasteiger partial charge >= 0.3 is 0 Å². The second-order valence-electron chi connectivity index (χ2n) is 5.20. The second-order valence-corrected chi connectivity index (χ2v) is 10.0. The maximum absolute atomic E-state index is 10.2. The van der Waals surface area contributed by atoms with Crippen LogP contribution in [0, 0.1) is 0 Å². The van der Waals surface area contributed by atoms with E-state index < -0.39 is 8.32 Å². The number of carbonyl (C=O) groups is 1. The molecule has 0 heterocycles. The summed E-state index contributed by atoms with van der Waals surface area (Å²) in [6.45, 7) is 13.5. The monoisotopic (exact) mass is 214 g/mol. The predicted molar refractivity (Wildman–Crippen MR) is 63.0 cm³/mol. The molecule has 0 saturated heterocycles. The van der Waals surface area contributed by atoms with Gasteiger partial charge in [-0.1, -0.05) is 20.8 Å². The van der Waals surface area contributed by atoms with Crippen molar-refractivity contribution in [1.29, 1.82) is 0 Å². The Kier molecular flexibility index (Phi) is 4.75. The molecule has 0 atom stereocenters. The summed E-state index contributed by atoms with van der Waals surface area (Å²) in [4.78, 5) is 10.2. The highest BCUT2D eigenvalue weighted by Crippen LogP contribution is 2.36. The molecule has 0 aliphatic heterocycles. The van der Waals surface area contributed by atoms with Gasteiger partial charge in [0.15, 0.2) is 8.32 Å². The SMILES string of the molecule is CC(=CC=O)CO[Si](C)(C)C(C)(C)C. The number of hydrogen-bond acceptors (Lipinski definition) is 2. The van der Waals surface area contributed by atoms with E-state index in [1.54, 1.807) is 6.08 Å². The molecule has 0 fully saturated rings. The van der Waals surface area contributed by atoms with Gasteiger partial charge in [-0.3, -0.25) is 4.79 Å². The third-order valence-corrected chi connectivity index (χ3v) is 7.30. The summed E-state index contributed by atoms with van der Waals surface area (Å²) < 4.78 is 5.92. The number of rotatable bonds is 4. The molecule has 0 aromatic heterocycles. The first-order chi connectivity index (χ1) is 6.20. The first-order valence-electron chi connectivity index (χ1n) is 4.95. The predicted octanol–water partition coefficient (Wildman–Crippen LogP) is 3.15. The van der Waals surface area contributed by atoms with E-state index >= 15 is 0 Å². The molecule has 0 bridgehead atoms. The minimum atomic E-state index is -1.65. The lowest BCUT2D eigenvalue weighted by atomic mass is 10.2. The van der Waals surface area contributed by atoms with Gasteiger partial charge in [-0.05, 0) is 36.7 Å². The summed E-state index contributed by atoms with van der Waals surface area (Å²) >= 11 is 0. The first-order valence-corrected chi connectivity index (χ1v) is 7.86. The number of hydrogen-bond donors (Lipinski definition) is 0. The van der Waals surface area contributed by atoms with Crippen LogP contribution in [0.1, 0.15) is 27.7 Å². The van der Waals surface area contributed by atoms with Crippen LogP contribution in [0.3, 0.4) is 0 Å². The largest absolute Gasteiger partial charge is 0.413 e. The molecule has 0 aliphatic carbocycles. The summed E-state index contributed by atoms with van der Waals surface area (Å²) in [5, 5.41) is 0.231. The van der Waals surface area contributed by atoms with Crippen LogP contribution in [-0.4, -0.2) is 21.2 Å². The molecule has 0 spiro atoms. The average molecular weight is 214 g/mol. The van der Waals surface area contributed by atoms with Gasteiger partial charge in [-0.2, -0.15) is 0 Å². The van der Waals surface area contributed by atoms with E-state index in [9.17, 15) is 4.79 Å². The van der Waals surface area contributed by atoms with Crippen molar-refractivity contribution in [3.63, 3.8) is 0 Å². The summed E-state index contributed by atoms with van der Waals surface area (Å²) in [6, 6.07) is 0. The van der Waals surface area contributed by atoms with E-state index in [1.165, 1.54) is 0 Å². The van der Waals surface area contributed by atoms with Crippen molar-refractivity contribution in [2.45, 2.75) is 45.8 Å². The van der Waals surface area contributed by atoms with Crippen LogP contribution in [0.25, 0.3) is 0 Å². The van der Waals surface area contributed by atoms with E-state index in [-0.39, 0.29) is 5.04 Å². The van der Waals surface area contributed by atoms with Crippen LogP contribution < -0.4 is 0 Å². The molecule has 82 valence electrons. The van der Waals surface area contributed by atoms with Crippen molar-refractivity contribution in [1.82, 2.24) is 0 Å². The Bertz CT molecular complexity index is 224. The van der Waals surface area contributed by atoms with Gasteiger partial charge < -0.3 is 4.43 Å². The molecule has 0 saturated carbocycles. The molecule has 0 aromatic rings. The molecule has 0 aromatic carbocycles. The van der Waals surface area contributed by atoms with E-state index in [4.69, 9.17) is 4.43 Å². The van der Waals surface area contributed by atoms with E-state index in [1.807, 2.05) is 6.92 Å². The highest BCUT2D eigenvalue weighted by atomic mass is 28.4. The van der Waals surface area contributed by atoms with Crippen molar-refractivity contribution in [2.75, 3.05) is 6.61 Å². The summed E-state index contributed by atoms with van der Waals surface area (Å²) in [5.41, 5.74) is 0.991. The van der Waals surface area contributed by atoms with Crippen LogP contribution in [0.15, 0.2) is 11.6 Å². The fourth-order valence-corrected chi connectivity index (χ4v) is 1.70. The number of allylic oxidation sites excluding steroid dienone is 1. The Balaban J connectivity index is 4.26. The van der Waals surface area contributed by atoms with Gasteiger partial charge in [0.05, 0.1) is 6.61 Å². The lowest BCUT2D eigenvalue weighted by Gasteiger charge is -2.36. The lowest BCUT2D eigenvalue weighted by molar-refractivity contribution is -0.104. The molecule has 0 rings (SSSR count). The maximum Gasteiger partial charge on any atom is 0.192 e. The van der Waals surface area contributed by atoms with Crippen molar-refractivity contribution in [3.8, 4) is 0 Å². The van der Waals surface area contributed by atoms with Gasteiger partial charge in [0, 0.05) is 0 Å². The standard InChI is InChI=1S/C11H22O2Si/c1-10(7-8-12)9-13-14(5,6)11(2,3)4/h7-8H,9H2,1-6H3. The molecule has 0 amide bonds. The van der Waals surface area contributed by atoms with E-state index in [2.05, 4.69) is 33.9 Å². The quantitative estimate of drug-likeness (QED) is 0.408. The molecule has 14 heavy (non-hydrogen) atoms. The molecule has 0 unspecified atom stereocenters. The Labute approximate surface area is 88.5 Å². The van der Waals surface area contributed by atoms with Gasteiger partial charge in [0.2, 0.25) is 0 Å². The fraction of sp³-hybridized carbons (Fsp3) is 0.727. The van der Waals surface area contributed by atoms with Crippen molar-refractivity contribution >= 4 is 14.6 Å². The molecular weight excluding hydrogens is 192 g/mol. The smallest absolute Gasteiger partial charge is 0.192 e. The van der Waals surface area contributed by atoms with E-state index in [0.717, 1.165) is 11.9 Å². The van der Waals surface area contributed by atoms with E-state index in [0.29, 0.717) is 6.61 Å². The maximum atomic E-state index is 10.2. The molecule has 0 radical (unpaired) electrons. The summed E-state index contributed by atoms with van der Waals surface area (Å²) in [5.74, 6) is 0. The Morgan fingerprint density at radius 1 is 1.36 bits per heavy atom. The zero-order chi connectivity index (χ0) is 11.4. The van der Waals surface area contributed by atoms with Gasteiger partial charge in [-0.25, -0.2) is 0 Å². The molecule has 0 aliphatic rings. The molecule has 2 nitrogen and oxygen atoms in total. The lowest BCUT2D eigenvalue weighted by Crippen LogP contribution is -2.41. The fourth-order valence-electron chi connectivity index (χ4n) is 0.675. The van der Waals surface area contributed by atoms with Gasteiger partial charge in [0.1, 0.15) is 6.29 Å². The zero-order valence-electron chi connectivity index (χ0n) is 10.2. The Morgan fingerprint density at radius 2 is 1.86 bits per heavy atom. The van der Waals surface area contributed by atoms with Crippen LogP contribution in [0.5, 0.6) is 0 Å². The zero-order valence-corrected chi connectivity index (χ0v) is 11.2. The highest BCUT2D eigenvalue weighted by molar-refractivity contribution is 6.74. The third kappa shape index (κ3) is 4.20. The van der Waals surface area contributed by atoms with Crippen molar-refractivity contribution in [3.05, 3.63) is 11.6 Å².